The van der Waals surface area contributed by atoms with Gasteiger partial charge in [-0.25, -0.2) is 4.98 Å². The minimum atomic E-state index is -1.01. The Hall–Kier alpha value is -2.15. The second-order valence-corrected chi connectivity index (χ2v) is 5.90. The Balaban J connectivity index is 1.76. The van der Waals surface area contributed by atoms with Crippen LogP contribution in [0.3, 0.4) is 0 Å². The van der Waals surface area contributed by atoms with Crippen molar-refractivity contribution >= 4 is 23.2 Å². The van der Waals surface area contributed by atoms with Crippen LogP contribution in [0.4, 0.5) is 0 Å². The van der Waals surface area contributed by atoms with Crippen LogP contribution in [-0.4, -0.2) is 40.0 Å². The fourth-order valence-electron chi connectivity index (χ4n) is 2.04. The van der Waals surface area contributed by atoms with Gasteiger partial charge in [0.05, 0.1) is 6.26 Å². The number of aromatic nitrogens is 1. The predicted molar refractivity (Wildman–Crippen MR) is 76.1 cm³/mol. The van der Waals surface area contributed by atoms with Gasteiger partial charge in [-0.2, -0.15) is 0 Å². The molecule has 7 heteroatoms. The number of furan rings is 1. The number of aliphatic carboxylic acids is 1. The number of carbonyl (C=O) groups excluding carboxylic acids is 1. The van der Waals surface area contributed by atoms with Gasteiger partial charge < -0.3 is 14.4 Å². The number of carboxylic acids is 1. The van der Waals surface area contributed by atoms with Crippen LogP contribution >= 0.6 is 11.3 Å². The molecule has 1 aliphatic rings. The minimum Gasteiger partial charge on any atom is -0.480 e. The zero-order valence-electron chi connectivity index (χ0n) is 11.2. The lowest BCUT2D eigenvalue weighted by Gasteiger charge is -2.19. The van der Waals surface area contributed by atoms with Crippen LogP contribution in [-0.2, 0) is 4.79 Å². The molecule has 2 aromatic rings. The van der Waals surface area contributed by atoms with Crippen LogP contribution in [0.2, 0.25) is 0 Å². The van der Waals surface area contributed by atoms with Gasteiger partial charge in [-0.1, -0.05) is 0 Å². The van der Waals surface area contributed by atoms with Gasteiger partial charge in [0.1, 0.15) is 12.2 Å². The van der Waals surface area contributed by atoms with E-state index in [9.17, 15) is 9.59 Å². The van der Waals surface area contributed by atoms with Gasteiger partial charge >= 0.3 is 5.97 Å². The van der Waals surface area contributed by atoms with E-state index in [0.717, 1.165) is 12.8 Å². The fraction of sp³-hybridized carbons (Fsp3) is 0.357. The molecule has 0 aromatic carbocycles. The number of amides is 1. The van der Waals surface area contributed by atoms with Crippen molar-refractivity contribution in [2.45, 2.75) is 12.8 Å². The summed E-state index contributed by atoms with van der Waals surface area (Å²) in [7, 11) is 0. The molecule has 1 saturated carbocycles. The maximum absolute atomic E-state index is 12.4. The summed E-state index contributed by atoms with van der Waals surface area (Å²) in [6.07, 6.45) is 3.65. The van der Waals surface area contributed by atoms with E-state index in [2.05, 4.69) is 4.98 Å². The second-order valence-electron chi connectivity index (χ2n) is 5.04. The van der Waals surface area contributed by atoms with Crippen LogP contribution < -0.4 is 0 Å². The average Bonchev–Trinajstić information content (AvgIpc) is 2.96. The summed E-state index contributed by atoms with van der Waals surface area (Å²) in [6.45, 7) is 0.196. The second kappa shape index (κ2) is 5.69. The maximum Gasteiger partial charge on any atom is 0.323 e. The first-order valence-corrected chi connectivity index (χ1v) is 7.52. The van der Waals surface area contributed by atoms with Crippen molar-refractivity contribution in [2.24, 2.45) is 5.92 Å². The van der Waals surface area contributed by atoms with Gasteiger partial charge in [-0.15, -0.1) is 11.3 Å². The summed E-state index contributed by atoms with van der Waals surface area (Å²) in [4.78, 5) is 28.9. The normalized spacial score (nSPS) is 14.1. The van der Waals surface area contributed by atoms with E-state index >= 15 is 0 Å². The molecule has 2 heterocycles. The molecular weight excluding hydrogens is 292 g/mol. The van der Waals surface area contributed by atoms with Gasteiger partial charge in [0.15, 0.2) is 10.8 Å². The van der Waals surface area contributed by atoms with Crippen molar-refractivity contribution in [2.75, 3.05) is 13.1 Å². The first-order valence-electron chi connectivity index (χ1n) is 6.64. The van der Waals surface area contributed by atoms with Gasteiger partial charge in [-0.3, -0.25) is 9.59 Å². The Kier molecular flexibility index (Phi) is 3.74. The van der Waals surface area contributed by atoms with Gasteiger partial charge in [-0.05, 0) is 30.9 Å². The summed E-state index contributed by atoms with van der Waals surface area (Å²) < 4.78 is 5.24. The van der Waals surface area contributed by atoms with Crippen LogP contribution in [0.5, 0.6) is 0 Å². The van der Waals surface area contributed by atoms with Gasteiger partial charge in [0.2, 0.25) is 0 Å². The maximum atomic E-state index is 12.4. The highest BCUT2D eigenvalue weighted by molar-refractivity contribution is 7.13. The minimum absolute atomic E-state index is 0.272. The third-order valence-corrected chi connectivity index (χ3v) is 4.10. The first kappa shape index (κ1) is 13.8. The smallest absolute Gasteiger partial charge is 0.323 e. The fourth-order valence-corrected chi connectivity index (χ4v) is 2.80. The summed E-state index contributed by atoms with van der Waals surface area (Å²) in [5.41, 5.74) is 0.272. The Morgan fingerprint density at radius 3 is 2.90 bits per heavy atom. The lowest BCUT2D eigenvalue weighted by molar-refractivity contribution is -0.137. The number of hydrogen-bond acceptors (Lipinski definition) is 5. The molecule has 0 aliphatic heterocycles. The van der Waals surface area contributed by atoms with Crippen molar-refractivity contribution < 1.29 is 19.1 Å². The molecule has 3 rings (SSSR count). The van der Waals surface area contributed by atoms with E-state index in [0.29, 0.717) is 23.2 Å². The Labute approximate surface area is 125 Å². The number of rotatable bonds is 6. The lowest BCUT2D eigenvalue weighted by Crippen LogP contribution is -2.37. The predicted octanol–water partition coefficient (Wildman–Crippen LogP) is 2.34. The summed E-state index contributed by atoms with van der Waals surface area (Å²) >= 11 is 1.31. The monoisotopic (exact) mass is 306 g/mol. The van der Waals surface area contributed by atoms with Crippen LogP contribution in [0.15, 0.2) is 28.2 Å². The van der Waals surface area contributed by atoms with Crippen molar-refractivity contribution in [1.82, 2.24) is 9.88 Å². The highest BCUT2D eigenvalue weighted by Gasteiger charge is 2.29. The third-order valence-electron chi connectivity index (χ3n) is 3.24. The molecule has 0 spiro atoms. The topological polar surface area (TPSA) is 83.6 Å². The zero-order chi connectivity index (χ0) is 14.8. The molecule has 21 heavy (non-hydrogen) atoms. The SMILES string of the molecule is O=C(O)CN(CC1CC1)C(=O)c1csc(-c2ccco2)n1. The highest BCUT2D eigenvalue weighted by Crippen LogP contribution is 2.30. The molecule has 1 fully saturated rings. The quantitative estimate of drug-likeness (QED) is 0.885. The van der Waals surface area contributed by atoms with E-state index in [4.69, 9.17) is 9.52 Å². The number of nitrogens with zero attached hydrogens (tertiary/aromatic N) is 2. The van der Waals surface area contributed by atoms with Crippen LogP contribution in [0.25, 0.3) is 10.8 Å². The number of hydrogen-bond donors (Lipinski definition) is 1. The number of carbonyl (C=O) groups is 2. The molecule has 6 nitrogen and oxygen atoms in total. The number of thiazole rings is 1. The molecule has 0 saturated heterocycles. The van der Waals surface area contributed by atoms with E-state index in [1.807, 2.05) is 0 Å². The first-order chi connectivity index (χ1) is 10.1. The number of carboxylic acid groups (broad SMARTS) is 1. The van der Waals surface area contributed by atoms with E-state index in [1.165, 1.54) is 16.2 Å². The van der Waals surface area contributed by atoms with Crippen LogP contribution in [0, 0.1) is 5.92 Å². The molecule has 0 unspecified atom stereocenters. The largest absolute Gasteiger partial charge is 0.480 e. The van der Waals surface area contributed by atoms with E-state index in [1.54, 1.807) is 23.8 Å². The molecule has 0 bridgehead atoms. The van der Waals surface area contributed by atoms with Crippen molar-refractivity contribution in [3.63, 3.8) is 0 Å². The van der Waals surface area contributed by atoms with Crippen molar-refractivity contribution in [1.29, 1.82) is 0 Å². The van der Waals surface area contributed by atoms with Crippen LogP contribution in [0.1, 0.15) is 23.3 Å². The molecule has 1 amide bonds. The molecule has 0 radical (unpaired) electrons. The molecule has 1 aliphatic carbocycles. The highest BCUT2D eigenvalue weighted by atomic mass is 32.1. The summed E-state index contributed by atoms with van der Waals surface area (Å²) in [5, 5.41) is 11.2. The Bertz CT molecular complexity index is 646. The molecule has 2 aromatic heterocycles. The van der Waals surface area contributed by atoms with E-state index in [-0.39, 0.29) is 18.1 Å². The van der Waals surface area contributed by atoms with E-state index < -0.39 is 5.97 Å². The van der Waals surface area contributed by atoms with Crippen molar-refractivity contribution in [3.05, 3.63) is 29.5 Å². The summed E-state index contributed by atoms with van der Waals surface area (Å²) in [5.74, 6) is -0.314. The molecule has 110 valence electrons. The lowest BCUT2D eigenvalue weighted by atomic mass is 10.3. The molecule has 0 atom stereocenters. The van der Waals surface area contributed by atoms with Gasteiger partial charge in [0.25, 0.3) is 5.91 Å². The van der Waals surface area contributed by atoms with Gasteiger partial charge in [0, 0.05) is 11.9 Å². The summed E-state index contributed by atoms with van der Waals surface area (Å²) in [6, 6.07) is 3.52. The standard InChI is InChI=1S/C14H14N2O4S/c17-12(18)7-16(6-9-3-4-9)14(19)10-8-21-13(15-10)11-2-1-5-20-11/h1-2,5,8-9H,3-4,6-7H2,(H,17,18). The molecular formula is C14H14N2O4S. The Morgan fingerprint density at radius 2 is 2.29 bits per heavy atom. The molecule has 1 N–H and O–H groups in total. The zero-order valence-corrected chi connectivity index (χ0v) is 12.0. The Morgan fingerprint density at radius 1 is 1.48 bits per heavy atom. The third kappa shape index (κ3) is 3.30. The van der Waals surface area contributed by atoms with Crippen molar-refractivity contribution in [3.8, 4) is 10.8 Å². The average molecular weight is 306 g/mol.